The zero-order valence-corrected chi connectivity index (χ0v) is 51.4. The molecule has 19 nitrogen and oxygen atoms in total. The van der Waals surface area contributed by atoms with Crippen LogP contribution in [0, 0.1) is 0 Å². The number of nitrogens with one attached hydrogen (secondary N) is 1. The monoisotopic (exact) mass is 1200 g/mol. The number of hydrogen-bond donors (Lipinski definition) is 12. The number of amides is 1. The summed E-state index contributed by atoms with van der Waals surface area (Å²) in [6, 6.07) is -0.998. The number of rotatable bonds is 49. The van der Waals surface area contributed by atoms with Gasteiger partial charge < -0.3 is 89.9 Å². The summed E-state index contributed by atoms with van der Waals surface area (Å²) in [7, 11) is 0. The highest BCUT2D eigenvalue weighted by Crippen LogP contribution is 2.33. The van der Waals surface area contributed by atoms with Gasteiger partial charge in [0.25, 0.3) is 0 Å². The number of unbranched alkanes of at least 4 members (excludes halogenated alkanes) is 27. The first kappa shape index (κ1) is 76.0. The number of aliphatic hydroxyl groups excluding tert-OH is 11. The van der Waals surface area contributed by atoms with Crippen molar-refractivity contribution in [2.24, 2.45) is 0 Å². The van der Waals surface area contributed by atoms with Crippen LogP contribution in [0.25, 0.3) is 0 Å². The third-order valence-electron chi connectivity index (χ3n) is 16.3. The summed E-state index contributed by atoms with van der Waals surface area (Å²) in [4.78, 5) is 13.3. The first-order chi connectivity index (χ1) is 40.8. The molecule has 0 aromatic heterocycles. The average molecular weight is 1200 g/mol. The lowest BCUT2D eigenvalue weighted by molar-refractivity contribution is -0.379. The number of ether oxygens (including phenoxy) is 6. The van der Waals surface area contributed by atoms with Crippen LogP contribution in [0.1, 0.15) is 226 Å². The van der Waals surface area contributed by atoms with Gasteiger partial charge in [0.2, 0.25) is 5.91 Å². The van der Waals surface area contributed by atoms with Gasteiger partial charge in [0.15, 0.2) is 18.9 Å². The highest BCUT2D eigenvalue weighted by atomic mass is 16.8. The van der Waals surface area contributed by atoms with Gasteiger partial charge in [0.05, 0.1) is 38.6 Å². The zero-order valence-electron chi connectivity index (χ0n) is 51.4. The van der Waals surface area contributed by atoms with E-state index in [1.165, 1.54) is 128 Å². The van der Waals surface area contributed by atoms with Crippen LogP contribution < -0.4 is 5.32 Å². The van der Waals surface area contributed by atoms with Crippen molar-refractivity contribution < 1.29 is 89.4 Å². The minimum absolute atomic E-state index is 0.219. The highest BCUT2D eigenvalue weighted by Gasteiger charge is 2.53. The van der Waals surface area contributed by atoms with Gasteiger partial charge >= 0.3 is 0 Å². The Bertz CT molecular complexity index is 1720. The molecule has 0 spiro atoms. The Labute approximate surface area is 503 Å². The molecule has 3 fully saturated rings. The van der Waals surface area contributed by atoms with Gasteiger partial charge in [-0.15, -0.1) is 0 Å². The van der Waals surface area contributed by atoms with Gasteiger partial charge in [0.1, 0.15) is 73.2 Å². The molecule has 3 heterocycles. The minimum Gasteiger partial charge on any atom is -0.394 e. The van der Waals surface area contributed by atoms with E-state index in [0.717, 1.165) is 64.2 Å². The molecular weight excluding hydrogens is 1080 g/mol. The molecule has 3 aliphatic rings. The smallest absolute Gasteiger partial charge is 0.220 e. The summed E-state index contributed by atoms with van der Waals surface area (Å²) in [6.07, 6.45) is 28.1. The Morgan fingerprint density at radius 1 is 0.429 bits per heavy atom. The van der Waals surface area contributed by atoms with Gasteiger partial charge in [-0.25, -0.2) is 0 Å². The molecule has 0 aliphatic carbocycles. The van der Waals surface area contributed by atoms with Crippen molar-refractivity contribution >= 4 is 5.91 Å². The van der Waals surface area contributed by atoms with Crippen molar-refractivity contribution in [2.45, 2.75) is 330 Å². The first-order valence-electron chi connectivity index (χ1n) is 32.9. The normalized spacial score (nSPS) is 29.5. The third-order valence-corrected chi connectivity index (χ3v) is 16.3. The Kier molecular flexibility index (Phi) is 43.2. The van der Waals surface area contributed by atoms with E-state index < -0.39 is 124 Å². The van der Waals surface area contributed by atoms with Crippen molar-refractivity contribution in [3.8, 4) is 0 Å². The third kappa shape index (κ3) is 30.3. The molecule has 1 amide bonds. The van der Waals surface area contributed by atoms with Crippen LogP contribution in [0.3, 0.4) is 0 Å². The molecule has 84 heavy (non-hydrogen) atoms. The molecule has 0 radical (unpaired) electrons. The molecule has 12 N–H and O–H groups in total. The molecule has 17 atom stereocenters. The van der Waals surface area contributed by atoms with Gasteiger partial charge in [-0.3, -0.25) is 4.79 Å². The number of carbonyl (C=O) groups excluding carboxylic acids is 1. The van der Waals surface area contributed by atoms with Crippen LogP contribution in [0.2, 0.25) is 0 Å². The van der Waals surface area contributed by atoms with Gasteiger partial charge in [-0.2, -0.15) is 0 Å². The molecule has 0 aromatic rings. The van der Waals surface area contributed by atoms with E-state index >= 15 is 0 Å². The second-order valence-corrected chi connectivity index (χ2v) is 23.6. The quantitative estimate of drug-likeness (QED) is 0.0208. The van der Waals surface area contributed by atoms with Crippen LogP contribution in [0.5, 0.6) is 0 Å². The Balaban J connectivity index is 1.48. The second-order valence-electron chi connectivity index (χ2n) is 23.6. The average Bonchev–Trinajstić information content (AvgIpc) is 2.79. The number of carbonyl (C=O) groups is 1. The fourth-order valence-electron chi connectivity index (χ4n) is 10.9. The number of aliphatic hydroxyl groups is 11. The van der Waals surface area contributed by atoms with E-state index in [4.69, 9.17) is 28.4 Å². The minimum atomic E-state index is -1.98. The van der Waals surface area contributed by atoms with Crippen LogP contribution in [0.15, 0.2) is 48.6 Å². The summed E-state index contributed by atoms with van der Waals surface area (Å²) in [5.74, 6) is -0.299. The molecule has 3 aliphatic heterocycles. The van der Waals surface area contributed by atoms with Crippen molar-refractivity contribution in [1.82, 2.24) is 5.32 Å². The fraction of sp³-hybridized carbons (Fsp3) is 0.862. The molecular formula is C65H117NO18. The van der Waals surface area contributed by atoms with E-state index in [1.807, 2.05) is 6.08 Å². The van der Waals surface area contributed by atoms with E-state index in [1.54, 1.807) is 6.08 Å². The molecule has 19 heteroatoms. The predicted molar refractivity (Wildman–Crippen MR) is 323 cm³/mol. The van der Waals surface area contributed by atoms with Crippen molar-refractivity contribution in [1.29, 1.82) is 0 Å². The standard InChI is InChI=1S/C65H117NO18/c1-3-5-7-9-11-13-15-17-19-21-22-23-24-25-26-27-28-30-32-34-36-38-40-42-49(70)48(66-53(71)43-41-39-37-35-33-31-29-20-18-16-14-12-10-8-6-4-2)47-79-63-59(77)56(74)61(51(45-68)81-63)84-65-60(78)57(75)62(52(46-69)82-65)83-64-58(76)55(73)54(72)50(44-67)80-64/h14,16,20,29,32,34,40,42,48-52,54-65,67-70,72-78H,3-13,15,17-19,21-28,30-31,33,35-39,41,43-47H2,1-2H3,(H,66,71)/b16-14-,29-20-,34-32+,42-40+. The predicted octanol–water partition coefficient (Wildman–Crippen LogP) is 7.43. The van der Waals surface area contributed by atoms with Crippen LogP contribution in [-0.4, -0.2) is 193 Å². The number of hydrogen-bond acceptors (Lipinski definition) is 18. The lowest BCUT2D eigenvalue weighted by Gasteiger charge is -2.48. The van der Waals surface area contributed by atoms with E-state index in [9.17, 15) is 61.0 Å². The highest BCUT2D eigenvalue weighted by molar-refractivity contribution is 5.76. The lowest BCUT2D eigenvalue weighted by atomic mass is 9.96. The molecule has 3 saturated heterocycles. The topological polar surface area (TPSA) is 307 Å². The van der Waals surface area contributed by atoms with Gasteiger partial charge in [-0.05, 0) is 64.2 Å². The molecule has 3 rings (SSSR count). The summed E-state index contributed by atoms with van der Waals surface area (Å²) < 4.78 is 34.3. The molecule has 0 aromatic carbocycles. The fourth-order valence-corrected chi connectivity index (χ4v) is 10.9. The largest absolute Gasteiger partial charge is 0.394 e. The molecule has 17 unspecified atom stereocenters. The van der Waals surface area contributed by atoms with Gasteiger partial charge in [-0.1, -0.05) is 204 Å². The lowest BCUT2D eigenvalue weighted by Crippen LogP contribution is -2.66. The van der Waals surface area contributed by atoms with Crippen LogP contribution >= 0.6 is 0 Å². The van der Waals surface area contributed by atoms with Crippen molar-refractivity contribution in [2.75, 3.05) is 26.4 Å². The maximum atomic E-state index is 13.3. The van der Waals surface area contributed by atoms with Crippen molar-refractivity contribution in [3.63, 3.8) is 0 Å². The Hall–Kier alpha value is -2.25. The molecule has 0 saturated carbocycles. The summed E-state index contributed by atoms with van der Waals surface area (Å²) in [5, 5.41) is 120. The SMILES string of the molecule is CCCCCC/C=C\C/C=C\CCCCCCCC(=O)NC(COC1OC(CO)C(OC2OC(CO)C(OC3OC(CO)C(O)C(O)C3O)C(O)C2O)C(O)C1O)C(O)/C=C/CC/C=C/CCCCCCCCCCCCCCCCCCC. The second kappa shape index (κ2) is 47.7. The maximum absolute atomic E-state index is 13.3. The van der Waals surface area contributed by atoms with Gasteiger partial charge in [0, 0.05) is 6.42 Å². The molecule has 490 valence electrons. The Morgan fingerprint density at radius 3 is 1.27 bits per heavy atom. The first-order valence-corrected chi connectivity index (χ1v) is 32.9. The maximum Gasteiger partial charge on any atom is 0.220 e. The van der Waals surface area contributed by atoms with E-state index in [2.05, 4.69) is 55.6 Å². The van der Waals surface area contributed by atoms with Crippen LogP contribution in [0.4, 0.5) is 0 Å². The summed E-state index contributed by atoms with van der Waals surface area (Å²) in [5.41, 5.74) is 0. The zero-order chi connectivity index (χ0) is 61.2. The Morgan fingerprint density at radius 2 is 0.798 bits per heavy atom. The van der Waals surface area contributed by atoms with E-state index in [-0.39, 0.29) is 18.9 Å². The summed E-state index contributed by atoms with van der Waals surface area (Å²) >= 11 is 0. The van der Waals surface area contributed by atoms with Crippen molar-refractivity contribution in [3.05, 3.63) is 48.6 Å². The molecule has 0 bridgehead atoms. The van der Waals surface area contributed by atoms with Crippen LogP contribution in [-0.2, 0) is 33.2 Å². The number of allylic oxidation sites excluding steroid dienone is 7. The van der Waals surface area contributed by atoms with E-state index in [0.29, 0.717) is 12.8 Å². The summed E-state index contributed by atoms with van der Waals surface area (Å²) in [6.45, 7) is 1.69.